The standard InChI is InChI=1S/C36H58O8/c1-20(2)23-11-9-21(3)24(35(23,7)18-16-29(38)39)12-13-25-22(4)10-14-27-34(5,6)28(15-17-36(25,27)8)44-33-32(42)31(41)30(40)26(19-37)43-33/h9,23-28,30-33,37,40-42H,1,4,10-19H2,2-3,5-8H3,(H,38,39)/t23-,24-,25-,26+,27-,28-,30+,31-,32+,33-,35-,36+/m0/s1. The van der Waals surface area contributed by atoms with Crippen LogP contribution in [0.3, 0.4) is 0 Å². The summed E-state index contributed by atoms with van der Waals surface area (Å²) in [5.41, 5.74) is 3.33. The molecule has 8 nitrogen and oxygen atoms in total. The van der Waals surface area contributed by atoms with Crippen LogP contribution in [0.25, 0.3) is 0 Å². The van der Waals surface area contributed by atoms with Crippen LogP contribution in [-0.2, 0) is 14.3 Å². The van der Waals surface area contributed by atoms with Crippen molar-refractivity contribution in [2.24, 2.45) is 39.9 Å². The summed E-state index contributed by atoms with van der Waals surface area (Å²) in [6, 6.07) is 0. The van der Waals surface area contributed by atoms with Gasteiger partial charge in [0.15, 0.2) is 6.29 Å². The lowest BCUT2D eigenvalue weighted by Gasteiger charge is -2.61. The van der Waals surface area contributed by atoms with Crippen molar-refractivity contribution < 1.29 is 39.8 Å². The molecule has 12 atom stereocenters. The largest absolute Gasteiger partial charge is 0.481 e. The second kappa shape index (κ2) is 13.3. The summed E-state index contributed by atoms with van der Waals surface area (Å²) in [7, 11) is 0. The second-order valence-electron chi connectivity index (χ2n) is 15.6. The van der Waals surface area contributed by atoms with Crippen molar-refractivity contribution in [2.45, 2.75) is 136 Å². The van der Waals surface area contributed by atoms with Gasteiger partial charge in [0.2, 0.25) is 0 Å². The first-order valence-electron chi connectivity index (χ1n) is 16.7. The molecular weight excluding hydrogens is 560 g/mol. The summed E-state index contributed by atoms with van der Waals surface area (Å²) < 4.78 is 12.1. The molecule has 2 saturated carbocycles. The number of aliphatic hydroxyl groups excluding tert-OH is 4. The van der Waals surface area contributed by atoms with Crippen LogP contribution in [0.1, 0.15) is 99.3 Å². The number of rotatable bonds is 10. The van der Waals surface area contributed by atoms with Crippen molar-refractivity contribution >= 4 is 5.97 Å². The number of aliphatic carboxylic acids is 1. The monoisotopic (exact) mass is 618 g/mol. The maximum atomic E-state index is 11.7. The quantitative estimate of drug-likeness (QED) is 0.162. The zero-order chi connectivity index (χ0) is 32.8. The van der Waals surface area contributed by atoms with Crippen LogP contribution in [0.5, 0.6) is 0 Å². The Labute approximate surface area is 264 Å². The fraction of sp³-hybridized carbons (Fsp3) is 0.806. The van der Waals surface area contributed by atoms with Gasteiger partial charge in [-0.25, -0.2) is 0 Å². The number of ether oxygens (including phenoxy) is 2. The molecule has 8 heteroatoms. The van der Waals surface area contributed by atoms with E-state index in [9.17, 15) is 30.3 Å². The highest BCUT2D eigenvalue weighted by Crippen LogP contribution is 2.63. The second-order valence-corrected chi connectivity index (χ2v) is 15.6. The molecule has 0 spiro atoms. The number of carboxylic acids is 1. The van der Waals surface area contributed by atoms with E-state index in [1.54, 1.807) is 0 Å². The summed E-state index contributed by atoms with van der Waals surface area (Å²) in [4.78, 5) is 11.7. The minimum Gasteiger partial charge on any atom is -0.481 e. The number of carbonyl (C=O) groups is 1. The summed E-state index contributed by atoms with van der Waals surface area (Å²) in [5.74, 6) is 0.406. The Morgan fingerprint density at radius 1 is 1.07 bits per heavy atom. The van der Waals surface area contributed by atoms with Gasteiger partial charge in [-0.3, -0.25) is 4.79 Å². The van der Waals surface area contributed by atoms with Crippen LogP contribution < -0.4 is 0 Å². The van der Waals surface area contributed by atoms with Gasteiger partial charge in [-0.1, -0.05) is 63.6 Å². The molecule has 0 aromatic rings. The first kappa shape index (κ1) is 35.3. The Morgan fingerprint density at radius 2 is 1.73 bits per heavy atom. The molecule has 0 bridgehead atoms. The van der Waals surface area contributed by atoms with Crippen LogP contribution in [0.2, 0.25) is 0 Å². The third kappa shape index (κ3) is 6.37. The molecule has 1 heterocycles. The first-order valence-corrected chi connectivity index (χ1v) is 16.7. The third-order valence-electron chi connectivity index (χ3n) is 12.7. The van der Waals surface area contributed by atoms with Gasteiger partial charge in [0.25, 0.3) is 0 Å². The first-order chi connectivity index (χ1) is 20.5. The van der Waals surface area contributed by atoms with E-state index in [4.69, 9.17) is 9.47 Å². The molecule has 4 aliphatic rings. The molecule has 0 aromatic heterocycles. The number of hydrogen-bond acceptors (Lipinski definition) is 7. The summed E-state index contributed by atoms with van der Waals surface area (Å²) in [5, 5.41) is 50.5. The lowest BCUT2D eigenvalue weighted by molar-refractivity contribution is -0.327. The minimum absolute atomic E-state index is 0.00835. The predicted octanol–water partition coefficient (Wildman–Crippen LogP) is 5.39. The van der Waals surface area contributed by atoms with Crippen molar-refractivity contribution in [3.05, 3.63) is 36.0 Å². The summed E-state index contributed by atoms with van der Waals surface area (Å²) >= 11 is 0. The number of fused-ring (bicyclic) bond motifs is 1. The molecule has 0 aromatic carbocycles. The molecule has 4 rings (SSSR count). The number of hydrogen-bond donors (Lipinski definition) is 5. The van der Waals surface area contributed by atoms with E-state index in [1.165, 1.54) is 11.1 Å². The maximum Gasteiger partial charge on any atom is 0.303 e. The van der Waals surface area contributed by atoms with Gasteiger partial charge in [-0.05, 0) is 105 Å². The van der Waals surface area contributed by atoms with Crippen LogP contribution in [0, 0.1) is 39.9 Å². The lowest BCUT2D eigenvalue weighted by atomic mass is 9.46. The Bertz CT molecular complexity index is 1110. The van der Waals surface area contributed by atoms with E-state index >= 15 is 0 Å². The number of carboxylic acid groups (broad SMARTS) is 1. The fourth-order valence-corrected chi connectivity index (χ4v) is 10.1. The molecule has 1 saturated heterocycles. The molecule has 3 fully saturated rings. The molecular formula is C36H58O8. The van der Waals surface area contributed by atoms with Crippen molar-refractivity contribution in [2.75, 3.05) is 6.61 Å². The highest BCUT2D eigenvalue weighted by atomic mass is 16.7. The predicted molar refractivity (Wildman–Crippen MR) is 169 cm³/mol. The minimum atomic E-state index is -1.46. The molecule has 44 heavy (non-hydrogen) atoms. The lowest BCUT2D eigenvalue weighted by Crippen LogP contribution is -2.62. The average Bonchev–Trinajstić information content (AvgIpc) is 2.94. The molecule has 0 amide bonds. The zero-order valence-electron chi connectivity index (χ0n) is 27.8. The molecule has 3 aliphatic carbocycles. The van der Waals surface area contributed by atoms with Crippen LogP contribution in [0.4, 0.5) is 0 Å². The fourth-order valence-electron chi connectivity index (χ4n) is 10.1. The third-order valence-corrected chi connectivity index (χ3v) is 12.7. The van der Waals surface area contributed by atoms with Crippen molar-refractivity contribution in [3.63, 3.8) is 0 Å². The van der Waals surface area contributed by atoms with Crippen molar-refractivity contribution in [1.82, 2.24) is 0 Å². The van der Waals surface area contributed by atoms with E-state index in [-0.39, 0.29) is 40.6 Å². The van der Waals surface area contributed by atoms with E-state index in [0.29, 0.717) is 18.3 Å². The molecule has 0 radical (unpaired) electrons. The Morgan fingerprint density at radius 3 is 2.34 bits per heavy atom. The van der Waals surface area contributed by atoms with Crippen LogP contribution in [-0.4, -0.2) is 74.9 Å². The van der Waals surface area contributed by atoms with Gasteiger partial charge >= 0.3 is 5.97 Å². The molecule has 250 valence electrons. The van der Waals surface area contributed by atoms with Gasteiger partial charge in [0, 0.05) is 6.42 Å². The zero-order valence-corrected chi connectivity index (χ0v) is 27.8. The van der Waals surface area contributed by atoms with Gasteiger partial charge in [-0.15, -0.1) is 0 Å². The van der Waals surface area contributed by atoms with Gasteiger partial charge in [0.05, 0.1) is 12.7 Å². The smallest absolute Gasteiger partial charge is 0.303 e. The van der Waals surface area contributed by atoms with Gasteiger partial charge in [-0.2, -0.15) is 0 Å². The Kier molecular flexibility index (Phi) is 10.7. The highest BCUT2D eigenvalue weighted by Gasteiger charge is 2.58. The van der Waals surface area contributed by atoms with Crippen LogP contribution in [0.15, 0.2) is 36.0 Å². The normalized spacial score (nSPS) is 44.0. The van der Waals surface area contributed by atoms with E-state index < -0.39 is 43.3 Å². The van der Waals surface area contributed by atoms with E-state index in [1.807, 2.05) is 0 Å². The summed E-state index contributed by atoms with van der Waals surface area (Å²) in [6.45, 7) is 21.8. The van der Waals surface area contributed by atoms with Crippen LogP contribution >= 0.6 is 0 Å². The average molecular weight is 619 g/mol. The van der Waals surface area contributed by atoms with E-state index in [2.05, 4.69) is 60.8 Å². The van der Waals surface area contributed by atoms with E-state index in [0.717, 1.165) is 50.5 Å². The molecule has 1 aliphatic heterocycles. The summed E-state index contributed by atoms with van der Waals surface area (Å²) in [6.07, 6.45) is 2.91. The Hall–Kier alpha value is -1.55. The Balaban J connectivity index is 1.54. The van der Waals surface area contributed by atoms with Crippen molar-refractivity contribution in [3.8, 4) is 0 Å². The molecule has 0 unspecified atom stereocenters. The topological polar surface area (TPSA) is 137 Å². The number of allylic oxidation sites excluding steroid dienone is 4. The highest BCUT2D eigenvalue weighted by molar-refractivity contribution is 5.66. The van der Waals surface area contributed by atoms with Crippen molar-refractivity contribution in [1.29, 1.82) is 0 Å². The number of aliphatic hydroxyl groups is 4. The maximum absolute atomic E-state index is 11.7. The SMILES string of the molecule is C=C(C)[C@@H]1CC=C(C)[C@H](CC[C@H]2C(=C)CC[C@H]3C(C)(C)[C@@H](O[C@@H]4O[C@H](CO)[C@@H](O)[C@H](O)[C@H]4O)CC[C@]23C)[C@@]1(C)CCC(=O)O. The molecule has 5 N–H and O–H groups in total. The van der Waals surface area contributed by atoms with Gasteiger partial charge < -0.3 is 35.0 Å². The van der Waals surface area contributed by atoms with Gasteiger partial charge in [0.1, 0.15) is 24.4 Å².